The third-order valence-corrected chi connectivity index (χ3v) is 2.08. The molecule has 0 saturated heterocycles. The van der Waals surface area contributed by atoms with Crippen LogP contribution in [-0.2, 0) is 12.8 Å². The van der Waals surface area contributed by atoms with Crippen molar-refractivity contribution in [3.63, 3.8) is 0 Å². The minimum atomic E-state index is 1.08. The van der Waals surface area contributed by atoms with E-state index in [9.17, 15) is 0 Å². The molecule has 0 aliphatic carbocycles. The molecule has 0 aliphatic rings. The van der Waals surface area contributed by atoms with Crippen molar-refractivity contribution in [2.24, 2.45) is 0 Å². The Hall–Kier alpha value is -0.850. The van der Waals surface area contributed by atoms with Crippen molar-refractivity contribution in [1.29, 1.82) is 0 Å². The molecular formula is C11H17N. The summed E-state index contributed by atoms with van der Waals surface area (Å²) < 4.78 is 0. The number of nitrogens with zero attached hydrogens (tertiary/aromatic N) is 1. The van der Waals surface area contributed by atoms with Gasteiger partial charge in [0, 0.05) is 11.9 Å². The second kappa shape index (κ2) is 4.91. The van der Waals surface area contributed by atoms with E-state index in [1.165, 1.54) is 24.1 Å². The molecule has 0 amide bonds. The predicted octanol–water partition coefficient (Wildman–Crippen LogP) is 2.99. The van der Waals surface area contributed by atoms with Gasteiger partial charge in [0.25, 0.3) is 0 Å². The minimum Gasteiger partial charge on any atom is -0.261 e. The highest BCUT2D eigenvalue weighted by Crippen LogP contribution is 2.04. The van der Waals surface area contributed by atoms with Gasteiger partial charge in [0.1, 0.15) is 0 Å². The van der Waals surface area contributed by atoms with Crippen molar-refractivity contribution < 1.29 is 0 Å². The quantitative estimate of drug-likeness (QED) is 0.665. The summed E-state index contributed by atoms with van der Waals surface area (Å²) in [5.41, 5.74) is 2.56. The second-order valence-corrected chi connectivity index (χ2v) is 3.11. The van der Waals surface area contributed by atoms with Crippen LogP contribution in [0.15, 0.2) is 18.3 Å². The molecular weight excluding hydrogens is 146 g/mol. The van der Waals surface area contributed by atoms with E-state index in [0.717, 1.165) is 12.8 Å². The Bertz CT molecular complexity index is 213. The van der Waals surface area contributed by atoms with Crippen molar-refractivity contribution in [2.75, 3.05) is 0 Å². The molecule has 0 fully saturated rings. The van der Waals surface area contributed by atoms with Gasteiger partial charge in [-0.25, -0.2) is 0 Å². The molecule has 1 aromatic heterocycles. The van der Waals surface area contributed by atoms with Crippen LogP contribution in [-0.4, -0.2) is 4.98 Å². The van der Waals surface area contributed by atoms with Crippen molar-refractivity contribution in [3.05, 3.63) is 29.6 Å². The van der Waals surface area contributed by atoms with Gasteiger partial charge in [-0.1, -0.05) is 26.3 Å². The molecule has 0 unspecified atom stereocenters. The van der Waals surface area contributed by atoms with E-state index in [-0.39, 0.29) is 0 Å². The monoisotopic (exact) mass is 163 g/mol. The van der Waals surface area contributed by atoms with Gasteiger partial charge >= 0.3 is 0 Å². The van der Waals surface area contributed by atoms with Crippen molar-refractivity contribution in [1.82, 2.24) is 4.98 Å². The lowest BCUT2D eigenvalue weighted by molar-refractivity contribution is 0.775. The Kier molecular flexibility index (Phi) is 3.78. The molecule has 1 aromatic rings. The molecule has 1 heteroatoms. The predicted molar refractivity (Wildman–Crippen MR) is 52.2 cm³/mol. The fourth-order valence-corrected chi connectivity index (χ4v) is 1.17. The van der Waals surface area contributed by atoms with Gasteiger partial charge in [-0.15, -0.1) is 0 Å². The van der Waals surface area contributed by atoms with Crippen molar-refractivity contribution in [2.45, 2.75) is 39.5 Å². The largest absolute Gasteiger partial charge is 0.261 e. The maximum atomic E-state index is 4.39. The van der Waals surface area contributed by atoms with E-state index in [4.69, 9.17) is 0 Å². The van der Waals surface area contributed by atoms with E-state index in [2.05, 4.69) is 31.0 Å². The van der Waals surface area contributed by atoms with Crippen molar-refractivity contribution >= 4 is 0 Å². The molecule has 0 aromatic carbocycles. The van der Waals surface area contributed by atoms with E-state index in [1.807, 2.05) is 6.20 Å². The summed E-state index contributed by atoms with van der Waals surface area (Å²) in [6.45, 7) is 4.36. The highest BCUT2D eigenvalue weighted by atomic mass is 14.7. The fraction of sp³-hybridized carbons (Fsp3) is 0.545. The molecule has 12 heavy (non-hydrogen) atoms. The van der Waals surface area contributed by atoms with E-state index >= 15 is 0 Å². The highest BCUT2D eigenvalue weighted by Gasteiger charge is 1.93. The highest BCUT2D eigenvalue weighted by molar-refractivity contribution is 5.13. The zero-order valence-corrected chi connectivity index (χ0v) is 8.01. The molecule has 1 rings (SSSR count). The van der Waals surface area contributed by atoms with Crippen LogP contribution in [0.4, 0.5) is 0 Å². The first-order valence-electron chi connectivity index (χ1n) is 4.80. The first kappa shape index (κ1) is 9.24. The van der Waals surface area contributed by atoms with Gasteiger partial charge in [0.2, 0.25) is 0 Å². The van der Waals surface area contributed by atoms with Crippen LogP contribution >= 0.6 is 0 Å². The first-order chi connectivity index (χ1) is 5.86. The first-order valence-corrected chi connectivity index (χ1v) is 4.80. The molecule has 0 radical (unpaired) electrons. The van der Waals surface area contributed by atoms with Crippen LogP contribution in [0.25, 0.3) is 0 Å². The van der Waals surface area contributed by atoms with Crippen LogP contribution in [0, 0.1) is 0 Å². The topological polar surface area (TPSA) is 12.9 Å². The summed E-state index contributed by atoms with van der Waals surface area (Å²) in [4.78, 5) is 4.39. The number of unbranched alkanes of at least 4 members (excludes halogenated alkanes) is 1. The van der Waals surface area contributed by atoms with Crippen LogP contribution in [0.3, 0.4) is 0 Å². The average Bonchev–Trinajstić information content (AvgIpc) is 2.15. The Labute approximate surface area is 74.8 Å². The number of aryl methyl sites for hydroxylation is 2. The molecule has 0 aliphatic heterocycles. The maximum Gasteiger partial charge on any atom is 0.0403 e. The summed E-state index contributed by atoms with van der Waals surface area (Å²) in [5.74, 6) is 0. The summed E-state index contributed by atoms with van der Waals surface area (Å²) in [6, 6.07) is 4.33. The molecule has 0 atom stereocenters. The SMILES string of the molecule is CCCCc1ccc(CC)cn1. The van der Waals surface area contributed by atoms with E-state index in [1.54, 1.807) is 0 Å². The average molecular weight is 163 g/mol. The molecule has 0 bridgehead atoms. The Morgan fingerprint density at radius 3 is 2.58 bits per heavy atom. The molecule has 0 saturated carbocycles. The lowest BCUT2D eigenvalue weighted by Gasteiger charge is -1.99. The van der Waals surface area contributed by atoms with Crippen LogP contribution in [0.2, 0.25) is 0 Å². The second-order valence-electron chi connectivity index (χ2n) is 3.11. The third-order valence-electron chi connectivity index (χ3n) is 2.08. The number of rotatable bonds is 4. The number of aromatic nitrogens is 1. The third kappa shape index (κ3) is 2.65. The summed E-state index contributed by atoms with van der Waals surface area (Å²) in [6.07, 6.45) is 6.70. The summed E-state index contributed by atoms with van der Waals surface area (Å²) >= 11 is 0. The standard InChI is InChI=1S/C11H17N/c1-3-5-6-11-8-7-10(4-2)9-12-11/h7-9H,3-6H2,1-2H3. The fourth-order valence-electron chi connectivity index (χ4n) is 1.17. The van der Waals surface area contributed by atoms with Crippen LogP contribution < -0.4 is 0 Å². The number of pyridine rings is 1. The lowest BCUT2D eigenvalue weighted by Crippen LogP contribution is -1.90. The maximum absolute atomic E-state index is 4.39. The minimum absolute atomic E-state index is 1.08. The Morgan fingerprint density at radius 2 is 2.08 bits per heavy atom. The van der Waals surface area contributed by atoms with Gasteiger partial charge < -0.3 is 0 Å². The van der Waals surface area contributed by atoms with Gasteiger partial charge in [-0.3, -0.25) is 4.98 Å². The van der Waals surface area contributed by atoms with E-state index in [0.29, 0.717) is 0 Å². The van der Waals surface area contributed by atoms with Crippen LogP contribution in [0.5, 0.6) is 0 Å². The normalized spacial score (nSPS) is 10.2. The zero-order chi connectivity index (χ0) is 8.81. The van der Waals surface area contributed by atoms with Gasteiger partial charge in [0.05, 0.1) is 0 Å². The summed E-state index contributed by atoms with van der Waals surface area (Å²) in [5, 5.41) is 0. The van der Waals surface area contributed by atoms with Crippen LogP contribution in [0.1, 0.15) is 37.9 Å². The number of hydrogen-bond donors (Lipinski definition) is 0. The van der Waals surface area contributed by atoms with Gasteiger partial charge in [0.15, 0.2) is 0 Å². The van der Waals surface area contributed by atoms with Crippen molar-refractivity contribution in [3.8, 4) is 0 Å². The lowest BCUT2D eigenvalue weighted by atomic mass is 10.1. The van der Waals surface area contributed by atoms with E-state index < -0.39 is 0 Å². The molecule has 1 heterocycles. The molecule has 0 spiro atoms. The Morgan fingerprint density at radius 1 is 1.25 bits per heavy atom. The number of hydrogen-bond acceptors (Lipinski definition) is 1. The summed E-state index contributed by atoms with van der Waals surface area (Å²) in [7, 11) is 0. The zero-order valence-electron chi connectivity index (χ0n) is 8.01. The Balaban J connectivity index is 2.53. The smallest absolute Gasteiger partial charge is 0.0403 e. The molecule has 1 nitrogen and oxygen atoms in total. The molecule has 66 valence electrons. The molecule has 0 N–H and O–H groups in total. The van der Waals surface area contributed by atoms with Gasteiger partial charge in [-0.05, 0) is 30.9 Å². The van der Waals surface area contributed by atoms with Gasteiger partial charge in [-0.2, -0.15) is 0 Å².